The first-order valence-electron chi connectivity index (χ1n) is 6.36. The number of amides is 2. The summed E-state index contributed by atoms with van der Waals surface area (Å²) in [7, 11) is 1.32. The Bertz CT molecular complexity index is 503. The maximum absolute atomic E-state index is 12.3. The molecule has 1 aliphatic heterocycles. The zero-order valence-corrected chi connectivity index (χ0v) is 12.3. The summed E-state index contributed by atoms with van der Waals surface area (Å²) in [6, 6.07) is -0.244. The lowest BCUT2D eigenvalue weighted by atomic mass is 10.3. The monoisotopic (exact) mass is 298 g/mol. The smallest absolute Gasteiger partial charge is 0.407 e. The predicted molar refractivity (Wildman–Crippen MR) is 74.6 cm³/mol. The summed E-state index contributed by atoms with van der Waals surface area (Å²) in [6.07, 6.45) is 0.239. The van der Waals surface area contributed by atoms with Crippen LogP contribution in [0, 0.1) is 0 Å². The summed E-state index contributed by atoms with van der Waals surface area (Å²) < 4.78 is 4.54. The van der Waals surface area contributed by atoms with E-state index in [1.165, 1.54) is 18.4 Å². The Balaban J connectivity index is 1.95. The summed E-state index contributed by atoms with van der Waals surface area (Å²) >= 11 is 1.39. The van der Waals surface area contributed by atoms with E-state index in [0.717, 1.165) is 5.01 Å². The van der Waals surface area contributed by atoms with Gasteiger partial charge in [0.1, 0.15) is 10.7 Å². The van der Waals surface area contributed by atoms with Crippen LogP contribution in [0.1, 0.15) is 34.9 Å². The minimum absolute atomic E-state index is 0.0714. The molecule has 0 aromatic carbocycles. The van der Waals surface area contributed by atoms with Crippen molar-refractivity contribution in [3.63, 3.8) is 0 Å². The Kier molecular flexibility index (Phi) is 4.56. The Morgan fingerprint density at radius 1 is 1.65 bits per heavy atom. The summed E-state index contributed by atoms with van der Waals surface area (Å²) in [6.45, 7) is 2.90. The van der Waals surface area contributed by atoms with Crippen LogP contribution < -0.4 is 11.1 Å². The third-order valence-electron chi connectivity index (χ3n) is 3.11. The molecule has 2 heterocycles. The Morgan fingerprint density at radius 2 is 2.40 bits per heavy atom. The zero-order valence-electron chi connectivity index (χ0n) is 11.5. The largest absolute Gasteiger partial charge is 0.453 e. The molecule has 0 spiro atoms. The number of carbonyl (C=O) groups is 2. The summed E-state index contributed by atoms with van der Waals surface area (Å²) in [5.74, 6) is -0.123. The number of hydrogen-bond acceptors (Lipinski definition) is 6. The molecule has 1 aromatic heterocycles. The van der Waals surface area contributed by atoms with Crippen LogP contribution in [0.2, 0.25) is 0 Å². The van der Waals surface area contributed by atoms with Gasteiger partial charge in [0.15, 0.2) is 0 Å². The number of alkyl carbamates (subject to hydrolysis) is 1. The molecule has 2 atom stereocenters. The second kappa shape index (κ2) is 6.19. The predicted octanol–water partition coefficient (Wildman–Crippen LogP) is 0.733. The first-order valence-corrected chi connectivity index (χ1v) is 7.24. The van der Waals surface area contributed by atoms with Gasteiger partial charge >= 0.3 is 6.09 Å². The van der Waals surface area contributed by atoms with Gasteiger partial charge in [0.05, 0.1) is 19.2 Å². The molecule has 0 saturated carbocycles. The Morgan fingerprint density at radius 3 is 3.00 bits per heavy atom. The molecule has 8 heteroatoms. The number of hydrogen-bond donors (Lipinski definition) is 2. The van der Waals surface area contributed by atoms with Crippen molar-refractivity contribution in [1.29, 1.82) is 0 Å². The molecule has 0 bridgehead atoms. The summed E-state index contributed by atoms with van der Waals surface area (Å²) in [5, 5.41) is 5.17. The van der Waals surface area contributed by atoms with E-state index in [1.807, 2.05) is 6.92 Å². The van der Waals surface area contributed by atoms with Crippen molar-refractivity contribution in [1.82, 2.24) is 15.2 Å². The molecule has 20 heavy (non-hydrogen) atoms. The quantitative estimate of drug-likeness (QED) is 0.857. The zero-order chi connectivity index (χ0) is 14.7. The number of carbonyl (C=O) groups excluding carboxylic acids is 2. The first-order chi connectivity index (χ1) is 9.51. The van der Waals surface area contributed by atoms with Gasteiger partial charge in [-0.2, -0.15) is 0 Å². The standard InChI is InChI=1S/C12H18N4O3S/c1-7(13)10-15-9(6-20-10)11(17)16-4-3-8(5-16)14-12(18)19-2/h6-8H,3-5,13H2,1-2H3,(H,14,18). The number of likely N-dealkylation sites (tertiary alicyclic amines) is 1. The van der Waals surface area contributed by atoms with Crippen molar-refractivity contribution in [2.24, 2.45) is 5.73 Å². The van der Waals surface area contributed by atoms with Crippen molar-refractivity contribution < 1.29 is 14.3 Å². The highest BCUT2D eigenvalue weighted by atomic mass is 32.1. The lowest BCUT2D eigenvalue weighted by Crippen LogP contribution is -2.38. The Hall–Kier alpha value is -1.67. The van der Waals surface area contributed by atoms with Crippen LogP contribution in [0.5, 0.6) is 0 Å². The molecule has 1 fully saturated rings. The van der Waals surface area contributed by atoms with Gasteiger partial charge in [-0.05, 0) is 13.3 Å². The average Bonchev–Trinajstić information content (AvgIpc) is 3.06. The summed E-state index contributed by atoms with van der Waals surface area (Å²) in [5.41, 5.74) is 6.15. The van der Waals surface area contributed by atoms with Crippen LogP contribution in [0.25, 0.3) is 0 Å². The molecule has 2 unspecified atom stereocenters. The second-order valence-electron chi connectivity index (χ2n) is 4.73. The molecule has 110 valence electrons. The molecule has 2 amide bonds. The fraction of sp³-hybridized carbons (Fsp3) is 0.583. The Labute approximate surface area is 121 Å². The van der Waals surface area contributed by atoms with Gasteiger partial charge in [0.2, 0.25) is 0 Å². The van der Waals surface area contributed by atoms with E-state index in [-0.39, 0.29) is 18.0 Å². The number of ether oxygens (including phenoxy) is 1. The number of thiazole rings is 1. The fourth-order valence-electron chi connectivity index (χ4n) is 2.05. The van der Waals surface area contributed by atoms with Crippen LogP contribution in [0.3, 0.4) is 0 Å². The molecule has 2 rings (SSSR count). The van der Waals surface area contributed by atoms with E-state index in [4.69, 9.17) is 5.73 Å². The van der Waals surface area contributed by atoms with E-state index in [2.05, 4.69) is 15.0 Å². The number of rotatable bonds is 3. The third-order valence-corrected chi connectivity index (χ3v) is 4.16. The SMILES string of the molecule is COC(=O)NC1CCN(C(=O)c2csc(C(C)N)n2)C1. The van der Waals surface area contributed by atoms with E-state index < -0.39 is 6.09 Å². The van der Waals surface area contributed by atoms with Gasteiger partial charge < -0.3 is 20.7 Å². The maximum atomic E-state index is 12.3. The molecular formula is C12H18N4O3S. The number of nitrogens with one attached hydrogen (secondary N) is 1. The van der Waals surface area contributed by atoms with Crippen LogP contribution in [0.15, 0.2) is 5.38 Å². The van der Waals surface area contributed by atoms with Gasteiger partial charge in [0.25, 0.3) is 5.91 Å². The molecule has 7 nitrogen and oxygen atoms in total. The highest BCUT2D eigenvalue weighted by molar-refractivity contribution is 7.09. The minimum Gasteiger partial charge on any atom is -0.453 e. The average molecular weight is 298 g/mol. The van der Waals surface area contributed by atoms with Crippen LogP contribution >= 0.6 is 11.3 Å². The third kappa shape index (κ3) is 3.26. The van der Waals surface area contributed by atoms with E-state index in [9.17, 15) is 9.59 Å². The van der Waals surface area contributed by atoms with Crippen molar-refractivity contribution in [2.75, 3.05) is 20.2 Å². The van der Waals surface area contributed by atoms with E-state index in [0.29, 0.717) is 25.2 Å². The lowest BCUT2D eigenvalue weighted by molar-refractivity contribution is 0.0783. The second-order valence-corrected chi connectivity index (χ2v) is 5.62. The number of aromatic nitrogens is 1. The fourth-order valence-corrected chi connectivity index (χ4v) is 2.80. The highest BCUT2D eigenvalue weighted by Crippen LogP contribution is 2.19. The maximum Gasteiger partial charge on any atom is 0.407 e. The topological polar surface area (TPSA) is 97.5 Å². The molecule has 1 saturated heterocycles. The van der Waals surface area contributed by atoms with Crippen molar-refractivity contribution in [3.8, 4) is 0 Å². The molecule has 3 N–H and O–H groups in total. The minimum atomic E-state index is -0.475. The van der Waals surface area contributed by atoms with E-state index in [1.54, 1.807) is 10.3 Å². The van der Waals surface area contributed by atoms with Gasteiger partial charge in [0, 0.05) is 18.5 Å². The highest BCUT2D eigenvalue weighted by Gasteiger charge is 2.29. The van der Waals surface area contributed by atoms with Crippen LogP contribution in [-0.2, 0) is 4.74 Å². The van der Waals surface area contributed by atoms with Crippen LogP contribution in [0.4, 0.5) is 4.79 Å². The number of methoxy groups -OCH3 is 1. The molecule has 0 radical (unpaired) electrons. The van der Waals surface area contributed by atoms with Gasteiger partial charge in [-0.25, -0.2) is 9.78 Å². The first kappa shape index (κ1) is 14.7. The molecule has 0 aliphatic carbocycles. The molecule has 1 aliphatic rings. The number of nitrogens with two attached hydrogens (primary N) is 1. The normalized spacial score (nSPS) is 19.8. The van der Waals surface area contributed by atoms with Gasteiger partial charge in [-0.1, -0.05) is 0 Å². The van der Waals surface area contributed by atoms with Gasteiger partial charge in [-0.3, -0.25) is 4.79 Å². The number of nitrogens with zero attached hydrogens (tertiary/aromatic N) is 2. The van der Waals surface area contributed by atoms with Crippen LogP contribution in [-0.4, -0.2) is 48.1 Å². The van der Waals surface area contributed by atoms with Crippen molar-refractivity contribution in [2.45, 2.75) is 25.4 Å². The molecule has 1 aromatic rings. The molecular weight excluding hydrogens is 280 g/mol. The van der Waals surface area contributed by atoms with Gasteiger partial charge in [-0.15, -0.1) is 11.3 Å². The van der Waals surface area contributed by atoms with Crippen molar-refractivity contribution >= 4 is 23.3 Å². The lowest BCUT2D eigenvalue weighted by Gasteiger charge is -2.15. The van der Waals surface area contributed by atoms with E-state index >= 15 is 0 Å². The summed E-state index contributed by atoms with van der Waals surface area (Å²) in [4.78, 5) is 29.3. The van der Waals surface area contributed by atoms with Crippen molar-refractivity contribution in [3.05, 3.63) is 16.1 Å².